The second-order valence-electron chi connectivity index (χ2n) is 4.73. The van der Waals surface area contributed by atoms with E-state index in [1.54, 1.807) is 7.11 Å². The predicted molar refractivity (Wildman–Crippen MR) is 57.4 cm³/mol. The summed E-state index contributed by atoms with van der Waals surface area (Å²) in [5.41, 5.74) is -0.0391. The summed E-state index contributed by atoms with van der Waals surface area (Å²) in [5, 5.41) is 9.15. The maximum absolute atomic E-state index is 9.15. The van der Waals surface area contributed by atoms with Crippen molar-refractivity contribution in [1.29, 1.82) is 0 Å². The van der Waals surface area contributed by atoms with Crippen molar-refractivity contribution >= 4 is 0 Å². The minimum atomic E-state index is -0.0391. The summed E-state index contributed by atoms with van der Waals surface area (Å²) < 4.78 is 5.38. The van der Waals surface area contributed by atoms with Gasteiger partial charge < -0.3 is 9.84 Å². The van der Waals surface area contributed by atoms with Crippen LogP contribution in [0.2, 0.25) is 0 Å². The Morgan fingerprint density at radius 1 is 1.50 bits per heavy atom. The molecule has 0 aromatic carbocycles. The fraction of sp³-hybridized carbons (Fsp3) is 1.00. The number of hydrogen-bond acceptors (Lipinski definition) is 3. The number of likely N-dealkylation sites (tertiary alicyclic amines) is 1. The van der Waals surface area contributed by atoms with Gasteiger partial charge in [-0.15, -0.1) is 0 Å². The molecule has 3 nitrogen and oxygen atoms in total. The first-order chi connectivity index (χ1) is 6.59. The van der Waals surface area contributed by atoms with E-state index in [2.05, 4.69) is 18.7 Å². The standard InChI is InChI=1S/C11H23NO2/c1-11(2,14-3)6-8-12-7-4-5-10(12)9-13/h10,13H,4-9H2,1-3H3/t10-/m1/s1. The lowest BCUT2D eigenvalue weighted by atomic mass is 10.0. The number of aliphatic hydroxyl groups excluding tert-OH is 1. The largest absolute Gasteiger partial charge is 0.395 e. The monoisotopic (exact) mass is 201 g/mol. The van der Waals surface area contributed by atoms with Crippen molar-refractivity contribution in [3.63, 3.8) is 0 Å². The van der Waals surface area contributed by atoms with E-state index in [1.807, 2.05) is 0 Å². The van der Waals surface area contributed by atoms with Gasteiger partial charge in [-0.1, -0.05) is 0 Å². The van der Waals surface area contributed by atoms with Gasteiger partial charge in [-0.05, 0) is 39.7 Å². The highest BCUT2D eigenvalue weighted by Crippen LogP contribution is 2.20. The molecule has 14 heavy (non-hydrogen) atoms. The van der Waals surface area contributed by atoms with E-state index in [-0.39, 0.29) is 5.60 Å². The number of nitrogens with zero attached hydrogens (tertiary/aromatic N) is 1. The summed E-state index contributed by atoms with van der Waals surface area (Å²) in [7, 11) is 1.76. The molecule has 1 fully saturated rings. The number of ether oxygens (including phenoxy) is 1. The molecule has 0 spiro atoms. The lowest BCUT2D eigenvalue weighted by molar-refractivity contribution is 0.00461. The smallest absolute Gasteiger partial charge is 0.0634 e. The van der Waals surface area contributed by atoms with Crippen LogP contribution in [0.15, 0.2) is 0 Å². The fourth-order valence-corrected chi connectivity index (χ4v) is 1.91. The average molecular weight is 201 g/mol. The normalized spacial score (nSPS) is 24.4. The van der Waals surface area contributed by atoms with Gasteiger partial charge >= 0.3 is 0 Å². The molecule has 0 bridgehead atoms. The van der Waals surface area contributed by atoms with Crippen LogP contribution < -0.4 is 0 Å². The van der Waals surface area contributed by atoms with E-state index in [4.69, 9.17) is 9.84 Å². The fourth-order valence-electron chi connectivity index (χ4n) is 1.91. The lowest BCUT2D eigenvalue weighted by Crippen LogP contribution is -2.37. The summed E-state index contributed by atoms with van der Waals surface area (Å²) in [6.07, 6.45) is 3.39. The van der Waals surface area contributed by atoms with Crippen LogP contribution in [0.5, 0.6) is 0 Å². The molecule has 84 valence electrons. The Kier molecular flexibility index (Phi) is 4.35. The highest BCUT2D eigenvalue weighted by molar-refractivity contribution is 4.80. The van der Waals surface area contributed by atoms with Gasteiger partial charge in [0.15, 0.2) is 0 Å². The molecule has 1 aliphatic heterocycles. The summed E-state index contributed by atoms with van der Waals surface area (Å²) in [5.74, 6) is 0. The molecule has 0 aliphatic carbocycles. The molecular formula is C11H23NO2. The molecule has 1 N–H and O–H groups in total. The Bertz CT molecular complexity index is 171. The minimum Gasteiger partial charge on any atom is -0.395 e. The summed E-state index contributed by atoms with van der Waals surface area (Å²) >= 11 is 0. The van der Waals surface area contributed by atoms with Crippen LogP contribution in [0, 0.1) is 0 Å². The molecule has 0 aromatic rings. The topological polar surface area (TPSA) is 32.7 Å². The third-order valence-corrected chi connectivity index (χ3v) is 3.26. The average Bonchev–Trinajstić information content (AvgIpc) is 2.62. The van der Waals surface area contributed by atoms with Crippen molar-refractivity contribution in [3.05, 3.63) is 0 Å². The van der Waals surface area contributed by atoms with Gasteiger partial charge in [-0.2, -0.15) is 0 Å². The third-order valence-electron chi connectivity index (χ3n) is 3.26. The molecule has 0 unspecified atom stereocenters. The quantitative estimate of drug-likeness (QED) is 0.727. The highest BCUT2D eigenvalue weighted by Gasteiger charge is 2.25. The van der Waals surface area contributed by atoms with Crippen LogP contribution in [-0.2, 0) is 4.74 Å². The predicted octanol–water partition coefficient (Wildman–Crippen LogP) is 1.26. The van der Waals surface area contributed by atoms with Gasteiger partial charge in [0.25, 0.3) is 0 Å². The van der Waals surface area contributed by atoms with E-state index in [0.29, 0.717) is 12.6 Å². The second-order valence-corrected chi connectivity index (χ2v) is 4.73. The van der Waals surface area contributed by atoms with E-state index >= 15 is 0 Å². The maximum Gasteiger partial charge on any atom is 0.0634 e. The molecule has 0 radical (unpaired) electrons. The zero-order chi connectivity index (χ0) is 10.6. The first-order valence-electron chi connectivity index (χ1n) is 5.49. The second kappa shape index (κ2) is 5.10. The van der Waals surface area contributed by atoms with E-state index in [9.17, 15) is 0 Å². The number of hydrogen-bond donors (Lipinski definition) is 1. The first-order valence-corrected chi connectivity index (χ1v) is 5.49. The molecule has 1 saturated heterocycles. The zero-order valence-electron chi connectivity index (χ0n) is 9.62. The van der Waals surface area contributed by atoms with Gasteiger partial charge in [-0.25, -0.2) is 0 Å². The molecule has 1 rings (SSSR count). The Balaban J connectivity index is 2.30. The van der Waals surface area contributed by atoms with Crippen molar-refractivity contribution in [2.45, 2.75) is 44.8 Å². The molecule has 0 saturated carbocycles. The lowest BCUT2D eigenvalue weighted by Gasteiger charge is -2.28. The molecular weight excluding hydrogens is 178 g/mol. The van der Waals surface area contributed by atoms with Gasteiger partial charge in [0.1, 0.15) is 0 Å². The molecule has 3 heteroatoms. The van der Waals surface area contributed by atoms with E-state index in [0.717, 1.165) is 25.9 Å². The number of aliphatic hydroxyl groups is 1. The first kappa shape index (κ1) is 12.0. The van der Waals surface area contributed by atoms with Gasteiger partial charge in [0, 0.05) is 19.7 Å². The van der Waals surface area contributed by atoms with E-state index in [1.165, 1.54) is 6.42 Å². The van der Waals surface area contributed by atoms with Crippen molar-refractivity contribution in [2.75, 3.05) is 26.8 Å². The number of methoxy groups -OCH3 is 1. The summed E-state index contributed by atoms with van der Waals surface area (Å²) in [6, 6.07) is 0.391. The SMILES string of the molecule is COC(C)(C)CCN1CCC[C@@H]1CO. The van der Waals surface area contributed by atoms with Crippen LogP contribution in [0.25, 0.3) is 0 Å². The maximum atomic E-state index is 9.15. The molecule has 1 atom stereocenters. The van der Waals surface area contributed by atoms with E-state index < -0.39 is 0 Å². The van der Waals surface area contributed by atoms with Crippen molar-refractivity contribution in [1.82, 2.24) is 4.90 Å². The molecule has 1 heterocycles. The number of rotatable bonds is 5. The van der Waals surface area contributed by atoms with Crippen molar-refractivity contribution in [3.8, 4) is 0 Å². The van der Waals surface area contributed by atoms with Gasteiger partial charge in [0.2, 0.25) is 0 Å². The Morgan fingerprint density at radius 2 is 2.21 bits per heavy atom. The molecule has 1 aliphatic rings. The highest BCUT2D eigenvalue weighted by atomic mass is 16.5. The summed E-state index contributed by atoms with van der Waals surface area (Å²) in [4.78, 5) is 2.38. The van der Waals surface area contributed by atoms with Crippen LogP contribution >= 0.6 is 0 Å². The summed E-state index contributed by atoms with van der Waals surface area (Å²) in [6.45, 7) is 6.68. The Morgan fingerprint density at radius 3 is 2.79 bits per heavy atom. The zero-order valence-corrected chi connectivity index (χ0v) is 9.62. The third kappa shape index (κ3) is 3.23. The molecule has 0 amide bonds. The van der Waals surface area contributed by atoms with Gasteiger partial charge in [0.05, 0.1) is 12.2 Å². The Labute approximate surface area is 87.1 Å². The van der Waals surface area contributed by atoms with Crippen LogP contribution in [-0.4, -0.2) is 48.5 Å². The molecule has 0 aromatic heterocycles. The Hall–Kier alpha value is -0.120. The van der Waals surface area contributed by atoms with Crippen LogP contribution in [0.4, 0.5) is 0 Å². The van der Waals surface area contributed by atoms with Crippen LogP contribution in [0.1, 0.15) is 33.1 Å². The van der Waals surface area contributed by atoms with Crippen LogP contribution in [0.3, 0.4) is 0 Å². The van der Waals surface area contributed by atoms with Crippen molar-refractivity contribution in [2.24, 2.45) is 0 Å². The van der Waals surface area contributed by atoms with Gasteiger partial charge in [-0.3, -0.25) is 4.90 Å². The van der Waals surface area contributed by atoms with Crippen molar-refractivity contribution < 1.29 is 9.84 Å². The minimum absolute atomic E-state index is 0.0391.